The third kappa shape index (κ3) is 7.76. The van der Waals surface area contributed by atoms with Gasteiger partial charge < -0.3 is 19.5 Å². The number of ether oxygens (including phenoxy) is 2. The van der Waals surface area contributed by atoms with Crippen molar-refractivity contribution in [2.75, 3.05) is 51.2 Å². The number of nitrogens with zero attached hydrogens (tertiary/aromatic N) is 5. The number of hydrogen-bond donors (Lipinski definition) is 2. The molecule has 4 bridgehead atoms. The highest BCUT2D eigenvalue weighted by atomic mass is 32.2. The summed E-state index contributed by atoms with van der Waals surface area (Å²) in [5, 5.41) is 10.8. The number of fused-ring (bicyclic) bond motifs is 4. The number of hydrogen-bond acceptors (Lipinski definition) is 10. The molecule has 13 heteroatoms. The second-order valence-electron chi connectivity index (χ2n) is 13.9. The van der Waals surface area contributed by atoms with Gasteiger partial charge in [-0.3, -0.25) is 14.6 Å². The smallest absolute Gasteiger partial charge is 0.264 e. The van der Waals surface area contributed by atoms with Crippen molar-refractivity contribution >= 4 is 21.9 Å². The molecule has 2 fully saturated rings. The fourth-order valence-electron chi connectivity index (χ4n) is 7.34. The fourth-order valence-corrected chi connectivity index (χ4v) is 8.33. The number of nitrogens with one attached hydrogen (secondary N) is 1. The van der Waals surface area contributed by atoms with E-state index in [0.29, 0.717) is 37.4 Å². The summed E-state index contributed by atoms with van der Waals surface area (Å²) in [6.07, 6.45) is 1.61. The van der Waals surface area contributed by atoms with Gasteiger partial charge in [0.1, 0.15) is 12.8 Å². The molecule has 2 aliphatic heterocycles. The quantitative estimate of drug-likeness (QED) is 0.358. The van der Waals surface area contributed by atoms with E-state index >= 15 is 0 Å². The van der Waals surface area contributed by atoms with Gasteiger partial charge in [-0.1, -0.05) is 38.1 Å². The number of aromatic nitrogens is 2. The fraction of sp³-hybridized carbons (Fsp3) is 0.528. The lowest BCUT2D eigenvalue weighted by Gasteiger charge is -2.52. The predicted molar refractivity (Wildman–Crippen MR) is 187 cm³/mol. The van der Waals surface area contributed by atoms with Gasteiger partial charge in [-0.15, -0.1) is 0 Å². The lowest BCUT2D eigenvalue weighted by atomic mass is 9.82. The number of aliphatic hydroxyl groups excluding tert-OH is 1. The minimum atomic E-state index is -4.15. The molecule has 2 aromatic carbocycles. The molecule has 49 heavy (non-hydrogen) atoms. The highest BCUT2D eigenvalue weighted by Gasteiger charge is 2.44. The number of benzene rings is 2. The van der Waals surface area contributed by atoms with Crippen molar-refractivity contribution in [1.82, 2.24) is 24.7 Å². The van der Waals surface area contributed by atoms with E-state index in [1.54, 1.807) is 25.3 Å². The van der Waals surface area contributed by atoms with Crippen molar-refractivity contribution in [2.24, 2.45) is 5.92 Å². The maximum atomic E-state index is 14.5. The molecular formula is C36H48N6O6S. The van der Waals surface area contributed by atoms with Crippen molar-refractivity contribution in [3.63, 3.8) is 0 Å². The predicted octanol–water partition coefficient (Wildman–Crippen LogP) is 3.92. The average molecular weight is 693 g/mol. The number of methoxy groups -OCH3 is 1. The second-order valence-corrected chi connectivity index (χ2v) is 15.6. The Bertz CT molecular complexity index is 1740. The highest BCUT2D eigenvalue weighted by molar-refractivity contribution is 7.92. The number of anilines is 1. The monoisotopic (exact) mass is 692 g/mol. The second kappa shape index (κ2) is 14.7. The van der Waals surface area contributed by atoms with E-state index in [9.17, 15) is 18.3 Å². The van der Waals surface area contributed by atoms with Crippen LogP contribution in [0.5, 0.6) is 5.88 Å². The van der Waals surface area contributed by atoms with Gasteiger partial charge in [0.25, 0.3) is 15.9 Å². The van der Waals surface area contributed by atoms with Crippen molar-refractivity contribution in [1.29, 1.82) is 0 Å². The van der Waals surface area contributed by atoms with E-state index in [2.05, 4.69) is 33.4 Å². The molecule has 6 rings (SSSR count). The molecule has 0 spiro atoms. The van der Waals surface area contributed by atoms with Crippen LogP contribution in [0.1, 0.15) is 54.6 Å². The Kier molecular flexibility index (Phi) is 10.6. The Labute approximate surface area is 289 Å². The van der Waals surface area contributed by atoms with E-state index in [4.69, 9.17) is 9.47 Å². The van der Waals surface area contributed by atoms with Gasteiger partial charge in [0.05, 0.1) is 23.2 Å². The van der Waals surface area contributed by atoms with Crippen molar-refractivity contribution in [3.8, 4) is 17.1 Å². The number of β-amino-alcohol motifs (C(OH)–C–C–N with tert-alkyl or cyclic N) is 1. The van der Waals surface area contributed by atoms with Crippen LogP contribution in [0.15, 0.2) is 53.4 Å². The summed E-state index contributed by atoms with van der Waals surface area (Å²) in [7, 11) is -2.48. The van der Waals surface area contributed by atoms with Gasteiger partial charge in [-0.2, -0.15) is 4.98 Å². The molecule has 2 atom stereocenters. The van der Waals surface area contributed by atoms with Crippen molar-refractivity contribution < 1.29 is 27.8 Å². The number of carbonyl (C=O) groups is 1. The molecule has 1 unspecified atom stereocenters. The van der Waals surface area contributed by atoms with Crippen LogP contribution in [-0.4, -0.2) is 115 Å². The zero-order chi connectivity index (χ0) is 34.9. The Morgan fingerprint density at radius 3 is 2.47 bits per heavy atom. The van der Waals surface area contributed by atoms with E-state index in [0.717, 1.165) is 42.6 Å². The molecule has 3 aromatic rings. The highest BCUT2D eigenvalue weighted by Crippen LogP contribution is 2.36. The zero-order valence-electron chi connectivity index (χ0n) is 29.0. The van der Waals surface area contributed by atoms with Gasteiger partial charge in [0.2, 0.25) is 11.8 Å². The number of piperazine rings is 1. The topological polar surface area (TPSA) is 137 Å². The molecule has 1 aromatic heterocycles. The maximum absolute atomic E-state index is 14.5. The van der Waals surface area contributed by atoms with E-state index in [1.165, 1.54) is 12.1 Å². The lowest BCUT2D eigenvalue weighted by molar-refractivity contribution is -0.0921. The van der Waals surface area contributed by atoms with Crippen LogP contribution in [0, 0.1) is 19.8 Å². The van der Waals surface area contributed by atoms with Crippen LogP contribution in [0.2, 0.25) is 0 Å². The summed E-state index contributed by atoms with van der Waals surface area (Å²) >= 11 is 0. The largest absolute Gasteiger partial charge is 0.475 e. The van der Waals surface area contributed by atoms with Crippen molar-refractivity contribution in [2.45, 2.75) is 76.2 Å². The third-order valence-electron chi connectivity index (χ3n) is 9.93. The number of aliphatic hydroxyl groups is 1. The van der Waals surface area contributed by atoms with Crippen molar-refractivity contribution in [3.05, 3.63) is 65.2 Å². The molecule has 264 valence electrons. The van der Waals surface area contributed by atoms with Gasteiger partial charge in [0.15, 0.2) is 0 Å². The van der Waals surface area contributed by atoms with Crippen LogP contribution in [0.4, 0.5) is 5.95 Å². The Morgan fingerprint density at radius 2 is 1.78 bits per heavy atom. The average Bonchev–Trinajstić information content (AvgIpc) is 3.03. The standard InChI is InChI=1S/C36H48N6O6S/c1-23(2)16-29-22-48-32-20-31(34-24(3)8-6-9-25(34)4)37-36(38-32)39-49(45,46)30-11-7-10-26(17-30)35(44)42(29)28-18-27(19-28)41-13-12-40(14-15-47-5)33(43)21-41/h6-11,17,20,23,27-29,33,43H,12-16,18-19,21-22H2,1-5H3,(H,37,38,39)/t27-,28+,29-,33?/m1/s1. The number of carbonyl (C=O) groups excluding carboxylic acids is 1. The molecule has 1 aliphatic carbocycles. The van der Waals surface area contributed by atoms with E-state index in [1.807, 2.05) is 41.8 Å². The molecule has 1 saturated carbocycles. The van der Waals surface area contributed by atoms with Crippen LogP contribution < -0.4 is 9.46 Å². The summed E-state index contributed by atoms with van der Waals surface area (Å²) in [5.41, 5.74) is 3.69. The molecule has 0 radical (unpaired) electrons. The Balaban J connectivity index is 1.34. The molecule has 2 N–H and O–H groups in total. The van der Waals surface area contributed by atoms with Gasteiger partial charge >= 0.3 is 0 Å². The van der Waals surface area contributed by atoms with Gasteiger partial charge in [0, 0.05) is 62.6 Å². The summed E-state index contributed by atoms with van der Waals surface area (Å²) in [4.78, 5) is 29.8. The van der Waals surface area contributed by atoms with Crippen LogP contribution in [-0.2, 0) is 14.8 Å². The first-order valence-corrected chi connectivity index (χ1v) is 18.6. The first kappa shape index (κ1) is 35.2. The number of rotatable bonds is 8. The summed E-state index contributed by atoms with van der Waals surface area (Å²) in [6, 6.07) is 13.7. The summed E-state index contributed by atoms with van der Waals surface area (Å²) in [6.45, 7) is 11.8. The number of aryl methyl sites for hydroxylation is 2. The SMILES string of the molecule is COCCN1CCN([C@H]2C[C@@H](N3C(=O)c4cccc(c4)S(=O)(=O)Nc4nc(cc(-c5c(C)cccc5C)n4)OC[C@H]3CC(C)C)C2)CC1O. The zero-order valence-corrected chi connectivity index (χ0v) is 29.8. The molecule has 3 heterocycles. The summed E-state index contributed by atoms with van der Waals surface area (Å²) in [5.74, 6) is 0.150. The third-order valence-corrected chi connectivity index (χ3v) is 11.3. The first-order chi connectivity index (χ1) is 23.4. The van der Waals surface area contributed by atoms with Gasteiger partial charge in [-0.25, -0.2) is 18.1 Å². The van der Waals surface area contributed by atoms with Crippen LogP contribution >= 0.6 is 0 Å². The van der Waals surface area contributed by atoms with E-state index < -0.39 is 16.3 Å². The molecular weight excluding hydrogens is 644 g/mol. The number of sulfonamides is 1. The molecule has 1 saturated heterocycles. The first-order valence-electron chi connectivity index (χ1n) is 17.1. The maximum Gasteiger partial charge on any atom is 0.264 e. The van der Waals surface area contributed by atoms with Crippen LogP contribution in [0.3, 0.4) is 0 Å². The minimum absolute atomic E-state index is 0.0479. The molecule has 3 aliphatic rings. The van der Waals surface area contributed by atoms with Gasteiger partial charge in [-0.05, 0) is 68.4 Å². The summed E-state index contributed by atoms with van der Waals surface area (Å²) < 4.78 is 41.5. The minimum Gasteiger partial charge on any atom is -0.475 e. The van der Waals surface area contributed by atoms with Crippen LogP contribution in [0.25, 0.3) is 11.3 Å². The number of amides is 1. The molecule has 1 amide bonds. The Morgan fingerprint density at radius 1 is 1.04 bits per heavy atom. The molecule has 12 nitrogen and oxygen atoms in total. The Hall–Kier alpha value is -3.62. The lowest BCUT2D eigenvalue weighted by Crippen LogP contribution is -2.63. The van der Waals surface area contributed by atoms with E-state index in [-0.39, 0.29) is 53.3 Å². The normalized spacial score (nSPS) is 24.6.